The fraction of sp³-hybridized carbons (Fsp3) is 0. The SMILES string of the molecule is Nc1cc(S(=O)(=O)Nc2c(F)cccc2Cl)c(F)cc1Br. The van der Waals surface area contributed by atoms with Crippen molar-refractivity contribution in [3.05, 3.63) is 51.5 Å². The summed E-state index contributed by atoms with van der Waals surface area (Å²) in [7, 11) is -4.38. The lowest BCUT2D eigenvalue weighted by molar-refractivity contribution is 0.569. The zero-order valence-electron chi connectivity index (χ0n) is 10.2. The van der Waals surface area contributed by atoms with Crippen LogP contribution in [0.1, 0.15) is 0 Å². The monoisotopic (exact) mass is 396 g/mol. The van der Waals surface area contributed by atoms with E-state index < -0.39 is 32.2 Å². The molecular formula is C12H8BrClF2N2O2S. The first-order chi connectivity index (χ1) is 9.72. The van der Waals surface area contributed by atoms with Crippen LogP contribution >= 0.6 is 27.5 Å². The van der Waals surface area contributed by atoms with E-state index in [9.17, 15) is 17.2 Å². The topological polar surface area (TPSA) is 72.2 Å². The van der Waals surface area contributed by atoms with Crippen LogP contribution in [0.3, 0.4) is 0 Å². The number of hydrogen-bond donors (Lipinski definition) is 2. The smallest absolute Gasteiger partial charge is 0.265 e. The Morgan fingerprint density at radius 1 is 1.19 bits per heavy atom. The molecule has 0 aliphatic rings. The number of para-hydroxylation sites is 1. The van der Waals surface area contributed by atoms with Crippen LogP contribution in [0.25, 0.3) is 0 Å². The number of sulfonamides is 1. The Labute approximate surface area is 133 Å². The first kappa shape index (κ1) is 16.0. The predicted octanol–water partition coefficient (Wildman–Crippen LogP) is 3.76. The molecule has 21 heavy (non-hydrogen) atoms. The maximum Gasteiger partial charge on any atom is 0.265 e. The second-order valence-electron chi connectivity index (χ2n) is 4.01. The largest absolute Gasteiger partial charge is 0.398 e. The van der Waals surface area contributed by atoms with Crippen LogP contribution in [0.5, 0.6) is 0 Å². The van der Waals surface area contributed by atoms with Crippen molar-refractivity contribution >= 4 is 48.9 Å². The molecule has 0 fully saturated rings. The van der Waals surface area contributed by atoms with Gasteiger partial charge in [-0.15, -0.1) is 0 Å². The van der Waals surface area contributed by atoms with Gasteiger partial charge in [0, 0.05) is 10.2 Å². The fourth-order valence-corrected chi connectivity index (χ4v) is 3.30. The molecule has 4 nitrogen and oxygen atoms in total. The highest BCUT2D eigenvalue weighted by Gasteiger charge is 2.23. The lowest BCUT2D eigenvalue weighted by Gasteiger charge is -2.12. The van der Waals surface area contributed by atoms with E-state index in [-0.39, 0.29) is 15.2 Å². The maximum atomic E-state index is 13.8. The molecule has 0 amide bonds. The summed E-state index contributed by atoms with van der Waals surface area (Å²) in [6, 6.07) is 5.47. The molecule has 3 N–H and O–H groups in total. The van der Waals surface area contributed by atoms with Gasteiger partial charge in [-0.25, -0.2) is 17.2 Å². The zero-order valence-corrected chi connectivity index (χ0v) is 13.4. The summed E-state index contributed by atoms with van der Waals surface area (Å²) in [6.07, 6.45) is 0. The van der Waals surface area contributed by atoms with E-state index >= 15 is 0 Å². The predicted molar refractivity (Wildman–Crippen MR) is 80.7 cm³/mol. The number of hydrogen-bond acceptors (Lipinski definition) is 3. The number of halogens is 4. The van der Waals surface area contributed by atoms with Gasteiger partial charge in [-0.3, -0.25) is 4.72 Å². The summed E-state index contributed by atoms with van der Waals surface area (Å²) in [6.45, 7) is 0. The Bertz CT molecular complexity index is 795. The van der Waals surface area contributed by atoms with Crippen LogP contribution in [0.4, 0.5) is 20.2 Å². The van der Waals surface area contributed by atoms with Gasteiger partial charge in [0.1, 0.15) is 22.2 Å². The molecule has 0 aromatic heterocycles. The number of rotatable bonds is 3. The van der Waals surface area contributed by atoms with Gasteiger partial charge in [-0.1, -0.05) is 17.7 Å². The van der Waals surface area contributed by atoms with Crippen LogP contribution in [0.15, 0.2) is 39.7 Å². The summed E-state index contributed by atoms with van der Waals surface area (Å²) in [5, 5.41) is -0.149. The molecule has 0 aliphatic carbocycles. The van der Waals surface area contributed by atoms with E-state index in [4.69, 9.17) is 17.3 Å². The zero-order chi connectivity index (χ0) is 15.8. The van der Waals surface area contributed by atoms with Gasteiger partial charge >= 0.3 is 0 Å². The van der Waals surface area contributed by atoms with E-state index in [2.05, 4.69) is 15.9 Å². The summed E-state index contributed by atoms with van der Waals surface area (Å²) in [4.78, 5) is -0.706. The standard InChI is InChI=1S/C12H8BrClF2N2O2S/c13-6-4-9(16)11(5-10(6)17)21(19,20)18-12-7(14)2-1-3-8(12)15/h1-5,18H,17H2. The third kappa shape index (κ3) is 3.28. The first-order valence-corrected chi connectivity index (χ1v) is 8.09. The third-order valence-electron chi connectivity index (χ3n) is 2.54. The number of nitrogens with two attached hydrogens (primary N) is 1. The number of benzene rings is 2. The second kappa shape index (κ2) is 5.78. The summed E-state index contributed by atoms with van der Waals surface area (Å²) in [5.41, 5.74) is 5.10. The Morgan fingerprint density at radius 3 is 2.48 bits per heavy atom. The Kier molecular flexibility index (Phi) is 4.40. The van der Waals surface area contributed by atoms with Gasteiger partial charge in [0.05, 0.1) is 5.02 Å². The van der Waals surface area contributed by atoms with Crippen molar-refractivity contribution in [2.45, 2.75) is 4.90 Å². The normalized spacial score (nSPS) is 11.4. The van der Waals surface area contributed by atoms with Gasteiger partial charge < -0.3 is 5.73 Å². The fourth-order valence-electron chi connectivity index (χ4n) is 1.54. The summed E-state index contributed by atoms with van der Waals surface area (Å²) in [5.74, 6) is -1.91. The molecule has 0 unspecified atom stereocenters. The molecular weight excluding hydrogens is 390 g/mol. The van der Waals surface area contributed by atoms with Crippen LogP contribution < -0.4 is 10.5 Å². The highest BCUT2D eigenvalue weighted by Crippen LogP contribution is 2.30. The van der Waals surface area contributed by atoms with Crippen molar-refractivity contribution in [3.63, 3.8) is 0 Å². The summed E-state index contributed by atoms with van der Waals surface area (Å²) >= 11 is 8.70. The van der Waals surface area contributed by atoms with Crippen LogP contribution in [-0.2, 0) is 10.0 Å². The molecule has 2 aromatic rings. The summed E-state index contributed by atoms with van der Waals surface area (Å²) < 4.78 is 53.8. The molecule has 9 heteroatoms. The van der Waals surface area contributed by atoms with E-state index in [0.717, 1.165) is 18.2 Å². The first-order valence-electron chi connectivity index (χ1n) is 5.43. The van der Waals surface area contributed by atoms with Crippen LogP contribution in [0.2, 0.25) is 5.02 Å². The Hall–Kier alpha value is -1.38. The minimum absolute atomic E-state index is 0.0244. The van der Waals surface area contributed by atoms with E-state index in [0.29, 0.717) is 0 Å². The van der Waals surface area contributed by atoms with Crippen LogP contribution in [-0.4, -0.2) is 8.42 Å². The van der Waals surface area contributed by atoms with E-state index in [1.165, 1.54) is 12.1 Å². The van der Waals surface area contributed by atoms with Gasteiger partial charge in [0.25, 0.3) is 10.0 Å². The average Bonchev–Trinajstić information content (AvgIpc) is 2.38. The highest BCUT2D eigenvalue weighted by atomic mass is 79.9. The van der Waals surface area contributed by atoms with Gasteiger partial charge in [0.2, 0.25) is 0 Å². The molecule has 2 rings (SSSR count). The molecule has 0 aliphatic heterocycles. The van der Waals surface area contributed by atoms with Crippen molar-refractivity contribution in [1.82, 2.24) is 0 Å². The van der Waals surface area contributed by atoms with Crippen molar-refractivity contribution in [2.75, 3.05) is 10.5 Å². The lowest BCUT2D eigenvalue weighted by Crippen LogP contribution is -2.16. The molecule has 0 spiro atoms. The third-order valence-corrected chi connectivity index (χ3v) is 4.91. The number of nitrogens with one attached hydrogen (secondary N) is 1. The van der Waals surface area contributed by atoms with Gasteiger partial charge in [0.15, 0.2) is 0 Å². The van der Waals surface area contributed by atoms with Crippen molar-refractivity contribution in [2.24, 2.45) is 0 Å². The van der Waals surface area contributed by atoms with Crippen molar-refractivity contribution in [1.29, 1.82) is 0 Å². The average molecular weight is 398 g/mol. The second-order valence-corrected chi connectivity index (χ2v) is 6.92. The molecule has 112 valence electrons. The van der Waals surface area contributed by atoms with Crippen LogP contribution in [0, 0.1) is 11.6 Å². The Morgan fingerprint density at radius 2 is 1.86 bits per heavy atom. The molecule has 2 aromatic carbocycles. The quantitative estimate of drug-likeness (QED) is 0.775. The number of nitrogen functional groups attached to an aromatic ring is 1. The minimum atomic E-state index is -4.38. The Balaban J connectivity index is 2.51. The maximum absolute atomic E-state index is 13.8. The highest BCUT2D eigenvalue weighted by molar-refractivity contribution is 9.10. The minimum Gasteiger partial charge on any atom is -0.398 e. The molecule has 0 bridgehead atoms. The molecule has 0 atom stereocenters. The van der Waals surface area contributed by atoms with Gasteiger partial charge in [-0.2, -0.15) is 0 Å². The molecule has 0 heterocycles. The van der Waals surface area contributed by atoms with Crippen molar-refractivity contribution < 1.29 is 17.2 Å². The molecule has 0 saturated carbocycles. The molecule has 0 radical (unpaired) electrons. The van der Waals surface area contributed by atoms with Crippen molar-refractivity contribution in [3.8, 4) is 0 Å². The lowest BCUT2D eigenvalue weighted by atomic mass is 10.3. The number of anilines is 2. The van der Waals surface area contributed by atoms with E-state index in [1.807, 2.05) is 4.72 Å². The van der Waals surface area contributed by atoms with Gasteiger partial charge in [-0.05, 0) is 40.2 Å². The molecule has 0 saturated heterocycles. The van der Waals surface area contributed by atoms with E-state index in [1.54, 1.807) is 0 Å².